The molecule has 15 heteroatoms. The van der Waals surface area contributed by atoms with E-state index in [-0.39, 0.29) is 36.4 Å². The first-order chi connectivity index (χ1) is 16.2. The minimum atomic E-state index is -5.33. The Hall–Kier alpha value is -2.99. The fourth-order valence-electron chi connectivity index (χ4n) is 3.29. The van der Waals surface area contributed by atoms with Crippen molar-refractivity contribution >= 4 is 0 Å². The van der Waals surface area contributed by atoms with Crippen molar-refractivity contribution in [2.24, 2.45) is 5.92 Å². The van der Waals surface area contributed by atoms with Crippen molar-refractivity contribution < 1.29 is 62.5 Å². The van der Waals surface area contributed by atoms with Crippen LogP contribution in [-0.4, -0.2) is 12.2 Å². The lowest BCUT2D eigenvalue weighted by molar-refractivity contribution is -0.144. The molecule has 0 heterocycles. The van der Waals surface area contributed by atoms with Crippen LogP contribution in [0, 0.1) is 17.2 Å². The van der Waals surface area contributed by atoms with Crippen molar-refractivity contribution in [2.75, 3.05) is 7.11 Å². The number of hydrogen-bond donors (Lipinski definition) is 1. The Kier molecular flexibility index (Phi) is 7.97. The van der Waals surface area contributed by atoms with Crippen molar-refractivity contribution in [1.82, 2.24) is 0 Å². The highest BCUT2D eigenvalue weighted by molar-refractivity contribution is 5.38. The number of nitrogens with zero attached hydrogens (tertiary/aromatic N) is 1. The van der Waals surface area contributed by atoms with Gasteiger partial charge in [0.2, 0.25) is 0 Å². The second-order valence-corrected chi connectivity index (χ2v) is 7.43. The number of alkyl halides is 12. The number of hydrogen-bond acceptors (Lipinski definition) is 3. The lowest BCUT2D eigenvalue weighted by atomic mass is 9.86. The number of halogens is 12. The van der Waals surface area contributed by atoms with Crippen molar-refractivity contribution in [3.05, 3.63) is 69.8 Å². The third-order valence-electron chi connectivity index (χ3n) is 4.96. The molecular formula is C21H13F12NO2. The SMILES string of the molecule is COC(c1cc(C(F)(F)F)cc(C(F)(F)F)c1)C(C#N)C(O)c1cc(C(F)(F)F)cc(C(F)(F)F)c1. The van der Waals surface area contributed by atoms with Gasteiger partial charge in [-0.2, -0.15) is 57.9 Å². The van der Waals surface area contributed by atoms with Crippen LogP contribution in [0.1, 0.15) is 45.6 Å². The van der Waals surface area contributed by atoms with Gasteiger partial charge in [-0.05, 0) is 47.5 Å². The summed E-state index contributed by atoms with van der Waals surface area (Å²) >= 11 is 0. The fourth-order valence-corrected chi connectivity index (χ4v) is 3.29. The standard InChI is InChI=1S/C21H13F12NO2/c1-36-17(10-4-13(20(28,29)30)7-14(5-10)21(31,32)33)15(8-34)16(35)9-2-11(18(22,23)24)6-12(3-9)19(25,26)27/h2-7,15-17,35H,1H3. The zero-order valence-corrected chi connectivity index (χ0v) is 17.5. The van der Waals surface area contributed by atoms with E-state index in [0.717, 1.165) is 0 Å². The molecule has 2 aromatic carbocycles. The topological polar surface area (TPSA) is 53.2 Å². The van der Waals surface area contributed by atoms with E-state index in [2.05, 4.69) is 0 Å². The van der Waals surface area contributed by atoms with E-state index in [1.807, 2.05) is 0 Å². The Bertz CT molecular complexity index is 1060. The summed E-state index contributed by atoms with van der Waals surface area (Å²) in [4.78, 5) is 0. The number of aliphatic hydroxyl groups is 1. The van der Waals surface area contributed by atoms with Crippen LogP contribution >= 0.6 is 0 Å². The highest BCUT2D eigenvalue weighted by atomic mass is 19.4. The lowest BCUT2D eigenvalue weighted by Crippen LogP contribution is -2.23. The summed E-state index contributed by atoms with van der Waals surface area (Å²) in [6, 6.07) is 1.24. The molecule has 3 unspecified atom stereocenters. The zero-order valence-electron chi connectivity index (χ0n) is 17.5. The molecular weight excluding hydrogens is 526 g/mol. The third-order valence-corrected chi connectivity index (χ3v) is 4.96. The minimum Gasteiger partial charge on any atom is -0.387 e. The molecule has 0 aliphatic heterocycles. The molecule has 0 aliphatic carbocycles. The Morgan fingerprint density at radius 2 is 0.944 bits per heavy atom. The molecule has 0 spiro atoms. The average molecular weight is 539 g/mol. The van der Waals surface area contributed by atoms with Crippen LogP contribution in [0.15, 0.2) is 36.4 Å². The van der Waals surface area contributed by atoms with Gasteiger partial charge < -0.3 is 9.84 Å². The number of methoxy groups -OCH3 is 1. The van der Waals surface area contributed by atoms with Gasteiger partial charge in [-0.1, -0.05) is 0 Å². The van der Waals surface area contributed by atoms with Gasteiger partial charge >= 0.3 is 24.7 Å². The van der Waals surface area contributed by atoms with Crippen LogP contribution in [0.4, 0.5) is 52.7 Å². The first-order valence-corrected chi connectivity index (χ1v) is 9.39. The average Bonchev–Trinajstić information content (AvgIpc) is 2.73. The van der Waals surface area contributed by atoms with E-state index >= 15 is 0 Å². The highest BCUT2D eigenvalue weighted by Crippen LogP contribution is 2.43. The predicted molar refractivity (Wildman–Crippen MR) is 96.7 cm³/mol. The van der Waals surface area contributed by atoms with Crippen LogP contribution in [0.2, 0.25) is 0 Å². The molecule has 1 N–H and O–H groups in total. The normalized spacial score (nSPS) is 15.8. The molecule has 0 fully saturated rings. The Balaban J connectivity index is 2.69. The van der Waals surface area contributed by atoms with Crippen molar-refractivity contribution in [2.45, 2.75) is 36.9 Å². The van der Waals surface area contributed by atoms with Crippen molar-refractivity contribution in [1.29, 1.82) is 5.26 Å². The van der Waals surface area contributed by atoms with Gasteiger partial charge in [0.15, 0.2) is 0 Å². The monoisotopic (exact) mass is 539 g/mol. The van der Waals surface area contributed by atoms with E-state index < -0.39 is 76.2 Å². The number of nitriles is 1. The van der Waals surface area contributed by atoms with Crippen LogP contribution < -0.4 is 0 Å². The van der Waals surface area contributed by atoms with Gasteiger partial charge in [0, 0.05) is 7.11 Å². The van der Waals surface area contributed by atoms with Crippen LogP contribution in [-0.2, 0) is 29.4 Å². The Labute approximate surface area is 194 Å². The van der Waals surface area contributed by atoms with E-state index in [0.29, 0.717) is 7.11 Å². The molecule has 0 saturated carbocycles. The Morgan fingerprint density at radius 3 is 1.19 bits per heavy atom. The van der Waals surface area contributed by atoms with Crippen molar-refractivity contribution in [3.63, 3.8) is 0 Å². The maximum Gasteiger partial charge on any atom is 0.416 e. The summed E-state index contributed by atoms with van der Waals surface area (Å²) in [6.07, 6.45) is -26.0. The molecule has 0 radical (unpaired) electrons. The molecule has 3 atom stereocenters. The van der Waals surface area contributed by atoms with E-state index in [1.54, 1.807) is 0 Å². The number of aliphatic hydroxyl groups excluding tert-OH is 1. The number of benzene rings is 2. The maximum absolute atomic E-state index is 13.2. The zero-order chi connectivity index (χ0) is 27.9. The molecule has 0 aromatic heterocycles. The van der Waals surface area contributed by atoms with Crippen LogP contribution in [0.5, 0.6) is 0 Å². The van der Waals surface area contributed by atoms with Gasteiger partial charge in [0.05, 0.1) is 34.4 Å². The maximum atomic E-state index is 13.2. The molecule has 0 aliphatic rings. The first kappa shape index (κ1) is 29.2. The smallest absolute Gasteiger partial charge is 0.387 e. The summed E-state index contributed by atoms with van der Waals surface area (Å²) < 4.78 is 163. The first-order valence-electron chi connectivity index (χ1n) is 9.39. The second kappa shape index (κ2) is 9.81. The number of ether oxygens (including phenoxy) is 1. The molecule has 2 aromatic rings. The molecule has 2 rings (SSSR count). The summed E-state index contributed by atoms with van der Waals surface area (Å²) in [5.74, 6) is -2.23. The predicted octanol–water partition coefficient (Wildman–Crippen LogP) is 7.32. The van der Waals surface area contributed by atoms with Gasteiger partial charge in [-0.3, -0.25) is 0 Å². The summed E-state index contributed by atoms with van der Waals surface area (Å²) in [5, 5.41) is 20.0. The van der Waals surface area contributed by atoms with Crippen LogP contribution in [0.3, 0.4) is 0 Å². The molecule has 3 nitrogen and oxygen atoms in total. The Morgan fingerprint density at radius 1 is 0.639 bits per heavy atom. The van der Waals surface area contributed by atoms with Gasteiger partial charge in [0.1, 0.15) is 12.0 Å². The lowest BCUT2D eigenvalue weighted by Gasteiger charge is -2.27. The largest absolute Gasteiger partial charge is 0.416 e. The van der Waals surface area contributed by atoms with E-state index in [1.165, 1.54) is 6.07 Å². The molecule has 0 bridgehead atoms. The summed E-state index contributed by atoms with van der Waals surface area (Å²) in [7, 11) is 0.711. The van der Waals surface area contributed by atoms with Crippen LogP contribution in [0.25, 0.3) is 0 Å². The summed E-state index contributed by atoms with van der Waals surface area (Å²) in [6.45, 7) is 0. The van der Waals surface area contributed by atoms with Gasteiger partial charge in [-0.15, -0.1) is 0 Å². The minimum absolute atomic E-state index is 0.0737. The molecule has 198 valence electrons. The van der Waals surface area contributed by atoms with Crippen molar-refractivity contribution in [3.8, 4) is 6.07 Å². The fraction of sp³-hybridized carbons (Fsp3) is 0.381. The summed E-state index contributed by atoms with van der Waals surface area (Å²) in [5.41, 5.74) is -9.44. The van der Waals surface area contributed by atoms with Gasteiger partial charge in [0.25, 0.3) is 0 Å². The second-order valence-electron chi connectivity index (χ2n) is 7.43. The van der Waals surface area contributed by atoms with Gasteiger partial charge in [-0.25, -0.2) is 0 Å². The van der Waals surface area contributed by atoms with E-state index in [4.69, 9.17) is 4.74 Å². The highest BCUT2D eigenvalue weighted by Gasteiger charge is 2.41. The van der Waals surface area contributed by atoms with E-state index in [9.17, 15) is 63.1 Å². The molecule has 36 heavy (non-hydrogen) atoms. The molecule has 0 saturated heterocycles. The quantitative estimate of drug-likeness (QED) is 0.405. The third kappa shape index (κ3) is 6.61. The molecule has 0 amide bonds. The number of rotatable bonds is 5.